The van der Waals surface area contributed by atoms with Crippen LogP contribution in [0.3, 0.4) is 0 Å². The molecule has 7 nitrogen and oxygen atoms in total. The number of alkyl halides is 3. The predicted octanol–water partition coefficient (Wildman–Crippen LogP) is 4.93. The molecule has 2 aromatic heterocycles. The average molecular weight is 467 g/mol. The van der Waals surface area contributed by atoms with Crippen molar-refractivity contribution >= 4 is 40.9 Å². The molecule has 152 valence electrons. The molecule has 3 rings (SSSR count). The second-order valence-electron chi connectivity index (χ2n) is 5.47. The van der Waals surface area contributed by atoms with Crippen LogP contribution in [0.25, 0.3) is 5.82 Å². The van der Waals surface area contributed by atoms with Gasteiger partial charge >= 0.3 is 12.3 Å². The van der Waals surface area contributed by atoms with Gasteiger partial charge < -0.3 is 10.1 Å². The van der Waals surface area contributed by atoms with E-state index in [4.69, 9.17) is 39.5 Å². The molecule has 1 amide bonds. The smallest absolute Gasteiger partial charge is 0.406 e. The Balaban J connectivity index is 1.78. The maximum atomic E-state index is 13.5. The third-order valence-electron chi connectivity index (χ3n) is 3.46. The molecule has 0 bridgehead atoms. The standard InChI is InChI=1S/C16H9Cl3F3N5O2/c17-9-2-1-8(5-10(9)18)6-23-15(28)29-11-7-24-27(14(11)16(20,21)22)13-4-3-12(19)25-26-13/h1-5,7H,6H2,(H,23,28). The van der Waals surface area contributed by atoms with Crippen molar-refractivity contribution in [1.82, 2.24) is 25.3 Å². The quantitative estimate of drug-likeness (QED) is 0.590. The minimum Gasteiger partial charge on any atom is -0.406 e. The SMILES string of the molecule is O=C(NCc1ccc(Cl)c(Cl)c1)Oc1cnn(-c2ccc(Cl)nn2)c1C(F)(F)F. The van der Waals surface area contributed by atoms with Crippen molar-refractivity contribution in [1.29, 1.82) is 0 Å². The first-order valence-corrected chi connectivity index (χ1v) is 8.83. The highest BCUT2D eigenvalue weighted by atomic mass is 35.5. The summed E-state index contributed by atoms with van der Waals surface area (Å²) in [5.74, 6) is -1.06. The van der Waals surface area contributed by atoms with Gasteiger partial charge in [-0.3, -0.25) is 0 Å². The van der Waals surface area contributed by atoms with E-state index in [0.717, 1.165) is 6.20 Å². The number of hydrogen-bond donors (Lipinski definition) is 1. The van der Waals surface area contributed by atoms with E-state index in [1.165, 1.54) is 24.3 Å². The molecule has 1 aromatic carbocycles. The molecule has 0 aliphatic heterocycles. The molecule has 3 aromatic rings. The van der Waals surface area contributed by atoms with E-state index >= 15 is 0 Å². The summed E-state index contributed by atoms with van der Waals surface area (Å²) in [7, 11) is 0. The van der Waals surface area contributed by atoms with Gasteiger partial charge in [-0.1, -0.05) is 40.9 Å². The molecule has 0 unspecified atom stereocenters. The maximum absolute atomic E-state index is 13.5. The minimum absolute atomic E-state index is 0.00683. The first kappa shape index (κ1) is 21.2. The second kappa shape index (κ2) is 8.44. The van der Waals surface area contributed by atoms with Crippen LogP contribution in [0.1, 0.15) is 11.3 Å². The molecule has 0 aliphatic carbocycles. The van der Waals surface area contributed by atoms with Crippen LogP contribution in [-0.2, 0) is 12.7 Å². The zero-order valence-corrected chi connectivity index (χ0v) is 16.3. The number of aromatic nitrogens is 4. The molecule has 0 radical (unpaired) electrons. The van der Waals surface area contributed by atoms with Crippen molar-refractivity contribution in [2.75, 3.05) is 0 Å². The molecule has 0 spiro atoms. The van der Waals surface area contributed by atoms with Gasteiger partial charge in [0.25, 0.3) is 0 Å². The summed E-state index contributed by atoms with van der Waals surface area (Å²) < 4.78 is 45.8. The number of halogens is 6. The molecule has 0 atom stereocenters. The van der Waals surface area contributed by atoms with Crippen LogP contribution < -0.4 is 10.1 Å². The number of amides is 1. The third-order valence-corrected chi connectivity index (χ3v) is 4.40. The first-order chi connectivity index (χ1) is 13.6. The summed E-state index contributed by atoms with van der Waals surface area (Å²) in [4.78, 5) is 12.0. The molecule has 1 N–H and O–H groups in total. The van der Waals surface area contributed by atoms with Gasteiger partial charge in [0.1, 0.15) is 0 Å². The molecule has 2 heterocycles. The van der Waals surface area contributed by atoms with Gasteiger partial charge in [0.2, 0.25) is 0 Å². The lowest BCUT2D eigenvalue weighted by molar-refractivity contribution is -0.143. The van der Waals surface area contributed by atoms with Crippen LogP contribution >= 0.6 is 34.8 Å². The number of carbonyl (C=O) groups is 1. The van der Waals surface area contributed by atoms with E-state index in [-0.39, 0.29) is 22.5 Å². The molecule has 0 aliphatic rings. The Morgan fingerprint density at radius 1 is 1.10 bits per heavy atom. The molecular weight excluding hydrogens is 458 g/mol. The molecule has 0 fully saturated rings. The Bertz CT molecular complexity index is 1040. The van der Waals surface area contributed by atoms with Crippen molar-refractivity contribution < 1.29 is 22.7 Å². The lowest BCUT2D eigenvalue weighted by atomic mass is 10.2. The van der Waals surface area contributed by atoms with Crippen LogP contribution in [0.4, 0.5) is 18.0 Å². The summed E-state index contributed by atoms with van der Waals surface area (Å²) in [6.45, 7) is -0.0477. The Morgan fingerprint density at radius 2 is 1.86 bits per heavy atom. The largest absolute Gasteiger partial charge is 0.437 e. The average Bonchev–Trinajstić information content (AvgIpc) is 3.07. The van der Waals surface area contributed by atoms with Crippen molar-refractivity contribution in [3.05, 3.63) is 63.0 Å². The number of hydrogen-bond acceptors (Lipinski definition) is 5. The van der Waals surface area contributed by atoms with Gasteiger partial charge in [-0.2, -0.15) is 18.3 Å². The van der Waals surface area contributed by atoms with E-state index in [0.29, 0.717) is 15.3 Å². The van der Waals surface area contributed by atoms with Gasteiger partial charge in [-0.25, -0.2) is 9.48 Å². The Morgan fingerprint density at radius 3 is 2.48 bits per heavy atom. The topological polar surface area (TPSA) is 81.9 Å². The van der Waals surface area contributed by atoms with E-state index < -0.39 is 23.7 Å². The zero-order valence-electron chi connectivity index (χ0n) is 14.0. The Kier molecular flexibility index (Phi) is 6.15. The normalized spacial score (nSPS) is 11.4. The number of nitrogens with zero attached hydrogens (tertiary/aromatic N) is 4. The summed E-state index contributed by atoms with van der Waals surface area (Å²) in [5, 5.41) is 13.5. The molecule has 29 heavy (non-hydrogen) atoms. The van der Waals surface area contributed by atoms with Crippen LogP contribution in [-0.4, -0.2) is 26.1 Å². The van der Waals surface area contributed by atoms with Crippen LogP contribution in [0.2, 0.25) is 15.2 Å². The molecule has 13 heteroatoms. The van der Waals surface area contributed by atoms with Crippen molar-refractivity contribution in [3.8, 4) is 11.6 Å². The maximum Gasteiger partial charge on any atom is 0.437 e. The van der Waals surface area contributed by atoms with E-state index in [1.807, 2.05) is 0 Å². The Labute approximate surface area is 176 Å². The number of nitrogens with one attached hydrogen (secondary N) is 1. The lowest BCUT2D eigenvalue weighted by Gasteiger charge is -2.12. The third kappa shape index (κ3) is 5.08. The van der Waals surface area contributed by atoms with E-state index in [9.17, 15) is 18.0 Å². The number of carbonyl (C=O) groups excluding carboxylic acids is 1. The second-order valence-corrected chi connectivity index (χ2v) is 6.67. The van der Waals surface area contributed by atoms with Crippen molar-refractivity contribution in [2.24, 2.45) is 0 Å². The van der Waals surface area contributed by atoms with E-state index in [1.54, 1.807) is 6.07 Å². The summed E-state index contributed by atoms with van der Waals surface area (Å²) >= 11 is 17.3. The molecule has 0 saturated heterocycles. The monoisotopic (exact) mass is 465 g/mol. The molecule has 0 saturated carbocycles. The molecular formula is C16H9Cl3F3N5O2. The highest BCUT2D eigenvalue weighted by molar-refractivity contribution is 6.42. The van der Waals surface area contributed by atoms with Crippen LogP contribution in [0.5, 0.6) is 5.75 Å². The lowest BCUT2D eigenvalue weighted by Crippen LogP contribution is -2.27. The van der Waals surface area contributed by atoms with E-state index in [2.05, 4.69) is 20.6 Å². The van der Waals surface area contributed by atoms with Crippen molar-refractivity contribution in [2.45, 2.75) is 12.7 Å². The van der Waals surface area contributed by atoms with Crippen LogP contribution in [0, 0.1) is 0 Å². The van der Waals surface area contributed by atoms with Gasteiger partial charge in [-0.15, -0.1) is 10.2 Å². The number of ether oxygens (including phenoxy) is 1. The zero-order chi connectivity index (χ0) is 21.2. The first-order valence-electron chi connectivity index (χ1n) is 7.69. The summed E-state index contributed by atoms with van der Waals surface area (Å²) in [6, 6.07) is 7.04. The highest BCUT2D eigenvalue weighted by Crippen LogP contribution is 2.37. The Hall–Kier alpha value is -2.56. The fourth-order valence-corrected chi connectivity index (χ4v) is 2.64. The number of rotatable bonds is 4. The highest BCUT2D eigenvalue weighted by Gasteiger charge is 2.41. The van der Waals surface area contributed by atoms with Gasteiger partial charge in [0.05, 0.1) is 16.2 Å². The minimum atomic E-state index is -4.89. The van der Waals surface area contributed by atoms with Crippen molar-refractivity contribution in [3.63, 3.8) is 0 Å². The summed E-state index contributed by atoms with van der Waals surface area (Å²) in [6.07, 6.45) is -5.27. The number of benzene rings is 1. The predicted molar refractivity (Wildman–Crippen MR) is 98.5 cm³/mol. The van der Waals surface area contributed by atoms with Crippen LogP contribution in [0.15, 0.2) is 36.5 Å². The fraction of sp³-hybridized carbons (Fsp3) is 0.125. The van der Waals surface area contributed by atoms with Gasteiger partial charge in [0.15, 0.2) is 22.4 Å². The summed E-state index contributed by atoms with van der Waals surface area (Å²) in [5.41, 5.74) is -0.765. The van der Waals surface area contributed by atoms with Gasteiger partial charge in [-0.05, 0) is 29.8 Å². The van der Waals surface area contributed by atoms with Gasteiger partial charge in [0, 0.05) is 6.54 Å². The fourth-order valence-electron chi connectivity index (χ4n) is 2.22.